The number of allylic oxidation sites excluding steroid dienone is 4. The highest BCUT2D eigenvalue weighted by molar-refractivity contribution is 7.88. The molecule has 2 heterocycles. The van der Waals surface area contributed by atoms with Gasteiger partial charge in [0.05, 0.1) is 23.6 Å². The molecule has 0 amide bonds. The number of hydrogen-bond donors (Lipinski definition) is 1. The van der Waals surface area contributed by atoms with E-state index >= 15 is 0 Å². The number of halogens is 3. The lowest BCUT2D eigenvalue weighted by molar-refractivity contribution is 0.182. The van der Waals surface area contributed by atoms with E-state index in [0.717, 1.165) is 24.8 Å². The van der Waals surface area contributed by atoms with Crippen molar-refractivity contribution in [1.29, 1.82) is 5.26 Å². The van der Waals surface area contributed by atoms with Crippen LogP contribution in [0.15, 0.2) is 46.5 Å². The van der Waals surface area contributed by atoms with Crippen molar-refractivity contribution in [2.45, 2.75) is 32.7 Å². The predicted molar refractivity (Wildman–Crippen MR) is 145 cm³/mol. The van der Waals surface area contributed by atoms with Crippen molar-refractivity contribution >= 4 is 20.8 Å². The first-order valence-corrected chi connectivity index (χ1v) is 14.4. The molecule has 2 aliphatic rings. The SMILES string of the molecule is CN1CCN(S(C)(=O)=O)CC1.Cc1cc(C(C)NC2=CC=C(C(F)F)CC2C#N)c2c(F)cn(C)c(=O)c2c1. The zero-order valence-electron chi connectivity index (χ0n) is 22.7. The van der Waals surface area contributed by atoms with Gasteiger partial charge in [-0.25, -0.2) is 21.6 Å². The number of piperazine rings is 1. The molecule has 1 N–H and O–H groups in total. The molecule has 0 bridgehead atoms. The van der Waals surface area contributed by atoms with E-state index in [1.807, 2.05) is 20.0 Å². The number of pyridine rings is 1. The summed E-state index contributed by atoms with van der Waals surface area (Å²) in [6.45, 7) is 6.55. The van der Waals surface area contributed by atoms with Crippen LogP contribution in [-0.2, 0) is 17.1 Å². The lowest BCUT2D eigenvalue weighted by Gasteiger charge is -2.30. The van der Waals surface area contributed by atoms with Crippen molar-refractivity contribution in [3.05, 3.63) is 69.0 Å². The fourth-order valence-corrected chi connectivity index (χ4v) is 5.50. The Balaban J connectivity index is 0.000000320. The summed E-state index contributed by atoms with van der Waals surface area (Å²) >= 11 is 0. The van der Waals surface area contributed by atoms with Gasteiger partial charge in [0.1, 0.15) is 5.82 Å². The first kappa shape index (κ1) is 30.4. The smallest absolute Gasteiger partial charge is 0.260 e. The van der Waals surface area contributed by atoms with E-state index in [2.05, 4.69) is 10.2 Å². The van der Waals surface area contributed by atoms with E-state index in [9.17, 15) is 31.6 Å². The van der Waals surface area contributed by atoms with Gasteiger partial charge >= 0.3 is 0 Å². The zero-order valence-corrected chi connectivity index (χ0v) is 23.5. The van der Waals surface area contributed by atoms with Crippen molar-refractivity contribution in [3.63, 3.8) is 0 Å². The normalized spacial score (nSPS) is 19.5. The highest BCUT2D eigenvalue weighted by Crippen LogP contribution is 2.31. The number of fused-ring (bicyclic) bond motifs is 1. The highest BCUT2D eigenvalue weighted by Gasteiger charge is 2.26. The van der Waals surface area contributed by atoms with Crippen LogP contribution in [0.1, 0.15) is 30.5 Å². The molecule has 39 heavy (non-hydrogen) atoms. The minimum atomic E-state index is -2.94. The van der Waals surface area contributed by atoms with Crippen LogP contribution in [0.4, 0.5) is 13.2 Å². The summed E-state index contributed by atoms with van der Waals surface area (Å²) in [5.41, 5.74) is 1.49. The summed E-state index contributed by atoms with van der Waals surface area (Å²) in [5, 5.41) is 13.0. The lowest BCUT2D eigenvalue weighted by atomic mass is 9.91. The number of rotatable bonds is 5. The Bertz CT molecular complexity index is 1490. The van der Waals surface area contributed by atoms with Crippen LogP contribution in [-0.4, -0.2) is 68.1 Å². The summed E-state index contributed by atoms with van der Waals surface area (Å²) in [7, 11) is 0.549. The molecule has 12 heteroatoms. The molecule has 2 atom stereocenters. The minimum Gasteiger partial charge on any atom is -0.381 e. The Hall–Kier alpha value is -3.14. The van der Waals surface area contributed by atoms with Gasteiger partial charge in [0, 0.05) is 56.5 Å². The number of benzene rings is 1. The van der Waals surface area contributed by atoms with Gasteiger partial charge < -0.3 is 14.8 Å². The second kappa shape index (κ2) is 12.4. The van der Waals surface area contributed by atoms with E-state index in [0.29, 0.717) is 24.4 Å². The van der Waals surface area contributed by atoms with Crippen molar-refractivity contribution < 1.29 is 21.6 Å². The van der Waals surface area contributed by atoms with E-state index in [1.165, 1.54) is 34.3 Å². The topological polar surface area (TPSA) is 98.4 Å². The van der Waals surface area contributed by atoms with Gasteiger partial charge in [0.25, 0.3) is 12.0 Å². The number of nitriles is 1. The fourth-order valence-electron chi connectivity index (χ4n) is 4.67. The van der Waals surface area contributed by atoms with Gasteiger partial charge in [0.2, 0.25) is 10.0 Å². The summed E-state index contributed by atoms with van der Waals surface area (Å²) in [6, 6.07) is 5.03. The summed E-state index contributed by atoms with van der Waals surface area (Å²) in [4.78, 5) is 14.6. The van der Waals surface area contributed by atoms with Gasteiger partial charge in [-0.3, -0.25) is 4.79 Å². The number of nitrogens with one attached hydrogen (secondary N) is 1. The predicted octanol–water partition coefficient (Wildman–Crippen LogP) is 3.45. The van der Waals surface area contributed by atoms with Gasteiger partial charge in [-0.15, -0.1) is 0 Å². The third kappa shape index (κ3) is 7.29. The second-order valence-corrected chi connectivity index (χ2v) is 12.0. The van der Waals surface area contributed by atoms with Gasteiger partial charge in [-0.05, 0) is 56.2 Å². The Morgan fingerprint density at radius 3 is 2.33 bits per heavy atom. The molecule has 2 aromatic rings. The maximum absolute atomic E-state index is 14.7. The number of likely N-dealkylation sites (N-methyl/N-ethyl adjacent to an activating group) is 1. The van der Waals surface area contributed by atoms with E-state index in [-0.39, 0.29) is 28.3 Å². The third-order valence-electron chi connectivity index (χ3n) is 6.92. The largest absolute Gasteiger partial charge is 0.381 e. The molecule has 4 rings (SSSR count). The van der Waals surface area contributed by atoms with Crippen molar-refractivity contribution in [3.8, 4) is 6.07 Å². The third-order valence-corrected chi connectivity index (χ3v) is 8.22. The molecule has 0 radical (unpaired) electrons. The molecule has 0 spiro atoms. The van der Waals surface area contributed by atoms with Gasteiger partial charge in [0.15, 0.2) is 0 Å². The number of aromatic nitrogens is 1. The maximum atomic E-state index is 14.7. The minimum absolute atomic E-state index is 0.0524. The van der Waals surface area contributed by atoms with Gasteiger partial charge in [-0.2, -0.15) is 9.57 Å². The number of sulfonamides is 1. The summed E-state index contributed by atoms with van der Waals surface area (Å²) < 4.78 is 65.3. The monoisotopic (exact) mass is 565 g/mol. The molecule has 2 unspecified atom stereocenters. The van der Waals surface area contributed by atoms with Crippen molar-refractivity contribution in [1.82, 2.24) is 19.1 Å². The molecule has 8 nitrogen and oxygen atoms in total. The molecule has 1 aliphatic heterocycles. The van der Waals surface area contributed by atoms with Crippen molar-refractivity contribution in [2.75, 3.05) is 39.5 Å². The lowest BCUT2D eigenvalue weighted by Crippen LogP contribution is -2.46. The zero-order chi connectivity index (χ0) is 29.1. The standard InChI is InChI=1S/C21H20F3N3O.C6H14N2O2S/c1-11-6-15(19-16(7-11)21(28)27(3)10-17(19)22)12(2)26-18-5-4-13(20(23)24)8-14(18)9-25;1-7-3-5-8(6-4-7)11(2,9)10/h4-7,10,12,14,20,26H,8H2,1-3H3;3-6H2,1-2H3. The van der Waals surface area contributed by atoms with Crippen LogP contribution in [0.5, 0.6) is 0 Å². The quantitative estimate of drug-likeness (QED) is 0.597. The van der Waals surface area contributed by atoms with Crippen LogP contribution < -0.4 is 10.9 Å². The molecule has 1 aromatic carbocycles. The molecular weight excluding hydrogens is 531 g/mol. The average molecular weight is 566 g/mol. The molecule has 1 aromatic heterocycles. The van der Waals surface area contributed by atoms with E-state index in [1.54, 1.807) is 19.1 Å². The average Bonchev–Trinajstić information content (AvgIpc) is 2.87. The summed E-state index contributed by atoms with van der Waals surface area (Å²) in [5.74, 6) is -1.25. The molecule has 1 aliphatic carbocycles. The Morgan fingerprint density at radius 2 is 1.77 bits per heavy atom. The molecular formula is C27H34F3N5O3S. The second-order valence-electron chi connectivity index (χ2n) is 10.1. The van der Waals surface area contributed by atoms with E-state index in [4.69, 9.17) is 0 Å². The molecule has 1 saturated heterocycles. The highest BCUT2D eigenvalue weighted by atomic mass is 32.2. The molecule has 0 saturated carbocycles. The van der Waals surface area contributed by atoms with Crippen LogP contribution >= 0.6 is 0 Å². The first-order valence-electron chi connectivity index (χ1n) is 12.5. The number of nitrogens with zero attached hydrogens (tertiary/aromatic N) is 4. The van der Waals surface area contributed by atoms with Gasteiger partial charge in [-0.1, -0.05) is 12.1 Å². The van der Waals surface area contributed by atoms with Crippen LogP contribution in [0, 0.1) is 30.0 Å². The van der Waals surface area contributed by atoms with Crippen molar-refractivity contribution in [2.24, 2.45) is 13.0 Å². The van der Waals surface area contributed by atoms with Crippen LogP contribution in [0.25, 0.3) is 10.8 Å². The number of hydrogen-bond acceptors (Lipinski definition) is 6. The van der Waals surface area contributed by atoms with E-state index < -0.39 is 34.2 Å². The summed E-state index contributed by atoms with van der Waals surface area (Å²) in [6.07, 6.45) is 2.55. The molecule has 212 valence electrons. The first-order chi connectivity index (χ1) is 18.2. The fraction of sp³-hybridized carbons (Fsp3) is 0.481. The Morgan fingerprint density at radius 1 is 1.13 bits per heavy atom. The Labute approximate surface area is 227 Å². The number of alkyl halides is 2. The Kier molecular flexibility index (Phi) is 9.64. The number of aryl methyl sites for hydroxylation is 2. The van der Waals surface area contributed by atoms with Crippen LogP contribution in [0.2, 0.25) is 0 Å². The van der Waals surface area contributed by atoms with Crippen LogP contribution in [0.3, 0.4) is 0 Å². The maximum Gasteiger partial charge on any atom is 0.260 e. The molecule has 1 fully saturated rings.